The van der Waals surface area contributed by atoms with Gasteiger partial charge in [-0.2, -0.15) is 0 Å². The molecule has 212 valence electrons. The standard InChI is InChI=1S/C39H38.2CH3.Hf/c1-7-20-39(6,31-21-29-16-10-18-33(35(29)23-31)37-25(2)12-8-13-26(37)3)32-22-30-17-11-19-34(36(30)24-32)38-27(4)14-9-15-28(38)5;;;/h8-19,21-24H,7,20H2,1-6H3;2*1H3;. The van der Waals surface area contributed by atoms with E-state index in [0.29, 0.717) is 7.35 Å². The van der Waals surface area contributed by atoms with Crippen LogP contribution in [0.5, 0.6) is 0 Å². The van der Waals surface area contributed by atoms with Gasteiger partial charge in [-0.15, -0.1) is 0 Å². The van der Waals surface area contributed by atoms with Gasteiger partial charge in [0.25, 0.3) is 0 Å². The van der Waals surface area contributed by atoms with Gasteiger partial charge in [0.05, 0.1) is 0 Å². The average molecular weight is 715 g/mol. The third-order valence-corrected chi connectivity index (χ3v) is 26.3. The van der Waals surface area contributed by atoms with Crippen LogP contribution in [0.4, 0.5) is 0 Å². The van der Waals surface area contributed by atoms with Crippen molar-refractivity contribution in [3.8, 4) is 22.3 Å². The van der Waals surface area contributed by atoms with Gasteiger partial charge in [-0.3, -0.25) is 0 Å². The third-order valence-electron chi connectivity index (χ3n) is 11.1. The molecule has 3 aliphatic rings. The fourth-order valence-corrected chi connectivity index (χ4v) is 26.8. The number of hydrogen-bond acceptors (Lipinski definition) is 0. The van der Waals surface area contributed by atoms with Gasteiger partial charge in [0.15, 0.2) is 0 Å². The van der Waals surface area contributed by atoms with Crippen LogP contribution in [-0.2, 0) is 20.0 Å². The average Bonchev–Trinajstić information content (AvgIpc) is 3.55. The summed E-state index contributed by atoms with van der Waals surface area (Å²) in [7, 11) is 0. The topological polar surface area (TPSA) is 0 Å². The van der Waals surface area contributed by atoms with Crippen molar-refractivity contribution in [1.29, 1.82) is 0 Å². The van der Waals surface area contributed by atoms with E-state index in [1.807, 2.05) is 0 Å². The molecule has 0 aromatic heterocycles. The van der Waals surface area contributed by atoms with Crippen molar-refractivity contribution >= 4 is 12.2 Å². The Bertz CT molecular complexity index is 1660. The van der Waals surface area contributed by atoms with Gasteiger partial charge in [-0.1, -0.05) is 0 Å². The molecule has 2 aliphatic carbocycles. The maximum absolute atomic E-state index is 3.08. The Balaban J connectivity index is 1.48. The molecule has 0 spiro atoms. The van der Waals surface area contributed by atoms with Crippen molar-refractivity contribution in [2.75, 3.05) is 0 Å². The number of fused-ring (bicyclic) bond motifs is 6. The van der Waals surface area contributed by atoms with Crippen molar-refractivity contribution in [1.82, 2.24) is 0 Å². The molecule has 0 radical (unpaired) electrons. The van der Waals surface area contributed by atoms with E-state index in [9.17, 15) is 0 Å². The van der Waals surface area contributed by atoms with E-state index in [0.717, 1.165) is 0 Å². The fraction of sp³-hybridized carbons (Fsp3) is 0.317. The predicted molar refractivity (Wildman–Crippen MR) is 179 cm³/mol. The molecule has 2 atom stereocenters. The maximum atomic E-state index is 2.77. The van der Waals surface area contributed by atoms with Gasteiger partial charge in [0.1, 0.15) is 0 Å². The predicted octanol–water partition coefficient (Wildman–Crippen LogP) is 11.9. The molecule has 4 aromatic carbocycles. The van der Waals surface area contributed by atoms with Crippen molar-refractivity contribution in [3.05, 3.63) is 128 Å². The molecule has 7 rings (SSSR count). The first-order valence-corrected chi connectivity index (χ1v) is 27.3. The summed E-state index contributed by atoms with van der Waals surface area (Å²) >= 11 is -3.08. The summed E-state index contributed by atoms with van der Waals surface area (Å²) in [6.45, 7) is 14.1. The summed E-state index contributed by atoms with van der Waals surface area (Å²) < 4.78 is 6.78. The van der Waals surface area contributed by atoms with E-state index in [1.54, 1.807) is 22.3 Å². The number of rotatable bonds is 4. The number of benzene rings is 4. The zero-order chi connectivity index (χ0) is 29.6. The summed E-state index contributed by atoms with van der Waals surface area (Å²) in [4.78, 5) is 0. The van der Waals surface area contributed by atoms with Crippen LogP contribution >= 0.6 is 0 Å². The van der Waals surface area contributed by atoms with Crippen molar-refractivity contribution < 1.29 is 20.0 Å². The first kappa shape index (κ1) is 28.0. The Morgan fingerprint density at radius 2 is 0.976 bits per heavy atom. The minimum absolute atomic E-state index is 0.0771. The quantitative estimate of drug-likeness (QED) is 0.185. The van der Waals surface area contributed by atoms with Crippen LogP contribution in [0, 0.1) is 33.1 Å². The van der Waals surface area contributed by atoms with Crippen LogP contribution in [-0.4, -0.2) is 0 Å². The molecule has 1 aliphatic heterocycles. The fourth-order valence-electron chi connectivity index (χ4n) is 9.40. The van der Waals surface area contributed by atoms with Crippen molar-refractivity contribution in [3.63, 3.8) is 0 Å². The van der Waals surface area contributed by atoms with Crippen LogP contribution in [0.1, 0.15) is 78.5 Å². The number of allylic oxidation sites excluding steroid dienone is 2. The van der Waals surface area contributed by atoms with Crippen LogP contribution in [0.2, 0.25) is 9.36 Å². The Morgan fingerprint density at radius 3 is 1.36 bits per heavy atom. The van der Waals surface area contributed by atoms with E-state index < -0.39 is 20.0 Å². The van der Waals surface area contributed by atoms with Gasteiger partial charge in [-0.05, 0) is 0 Å². The second-order valence-electron chi connectivity index (χ2n) is 14.1. The summed E-state index contributed by atoms with van der Waals surface area (Å²) in [6, 6.07) is 28.0. The van der Waals surface area contributed by atoms with E-state index in [4.69, 9.17) is 0 Å². The molecular formula is C41H44Hf. The molecule has 0 amide bonds. The van der Waals surface area contributed by atoms with Crippen LogP contribution in [0.25, 0.3) is 34.4 Å². The molecular weight excluding hydrogens is 671 g/mol. The summed E-state index contributed by atoms with van der Waals surface area (Å²) in [5, 5.41) is 0. The minimum atomic E-state index is -3.08. The third kappa shape index (κ3) is 3.81. The second kappa shape index (κ2) is 9.88. The Morgan fingerprint density at radius 1 is 0.595 bits per heavy atom. The first-order valence-electron chi connectivity index (χ1n) is 15.9. The van der Waals surface area contributed by atoms with E-state index in [-0.39, 0.29) is 5.41 Å². The van der Waals surface area contributed by atoms with Gasteiger partial charge in [0.2, 0.25) is 0 Å². The van der Waals surface area contributed by atoms with Crippen LogP contribution in [0.15, 0.2) is 83.9 Å². The molecule has 0 bridgehead atoms. The zero-order valence-electron chi connectivity index (χ0n) is 26.7. The number of hydrogen-bond donors (Lipinski definition) is 0. The van der Waals surface area contributed by atoms with E-state index in [1.165, 1.54) is 68.5 Å². The zero-order valence-corrected chi connectivity index (χ0v) is 30.2. The Labute approximate surface area is 257 Å². The van der Waals surface area contributed by atoms with Crippen molar-refractivity contribution in [2.45, 2.75) is 71.1 Å². The molecule has 0 saturated carbocycles. The van der Waals surface area contributed by atoms with E-state index in [2.05, 4.69) is 136 Å². The molecule has 0 nitrogen and oxygen atoms in total. The summed E-state index contributed by atoms with van der Waals surface area (Å²) in [5.41, 5.74) is 21.0. The molecule has 1 saturated heterocycles. The summed E-state index contributed by atoms with van der Waals surface area (Å²) in [5.74, 6) is 0. The van der Waals surface area contributed by atoms with Gasteiger partial charge in [-0.25, -0.2) is 0 Å². The Kier molecular flexibility index (Phi) is 6.59. The van der Waals surface area contributed by atoms with Gasteiger partial charge in [0, 0.05) is 0 Å². The number of aryl methyl sites for hydroxylation is 4. The van der Waals surface area contributed by atoms with Gasteiger partial charge >= 0.3 is 259 Å². The summed E-state index contributed by atoms with van der Waals surface area (Å²) in [6.07, 6.45) is 7.78. The molecule has 1 heterocycles. The first-order chi connectivity index (χ1) is 20.1. The Hall–Kier alpha value is -2.77. The molecule has 1 heteroatoms. The SMILES string of the molecule is CCCC1(C)C2=Cc3c(-c4c(C)cccc4C)cccc3[CH]2[Hf]([CH3])([CH3])[CH]2C1=Cc1c(-c3c(C)cccc3C)cccc12. The van der Waals surface area contributed by atoms with Gasteiger partial charge < -0.3 is 0 Å². The monoisotopic (exact) mass is 716 g/mol. The molecule has 0 N–H and O–H groups in total. The second-order valence-corrected chi connectivity index (χ2v) is 31.4. The molecule has 2 unspecified atom stereocenters. The van der Waals surface area contributed by atoms with Crippen LogP contribution < -0.4 is 0 Å². The normalized spacial score (nSPS) is 23.0. The van der Waals surface area contributed by atoms with E-state index >= 15 is 0 Å². The molecule has 1 fully saturated rings. The van der Waals surface area contributed by atoms with Crippen LogP contribution in [0.3, 0.4) is 0 Å². The molecule has 42 heavy (non-hydrogen) atoms. The molecule has 4 aromatic rings. The van der Waals surface area contributed by atoms with Crippen molar-refractivity contribution in [2.24, 2.45) is 5.41 Å².